The van der Waals surface area contributed by atoms with Gasteiger partial charge < -0.3 is 5.32 Å². The number of hydrogen-bond donors (Lipinski definition) is 1. The number of aromatic nitrogens is 2. The number of hydrogen-bond acceptors (Lipinski definition) is 3. The van der Waals surface area contributed by atoms with Crippen LogP contribution in [0.1, 0.15) is 11.1 Å². The third kappa shape index (κ3) is 4.82. The Hall–Kier alpha value is -2.35. The van der Waals surface area contributed by atoms with E-state index >= 15 is 0 Å². The summed E-state index contributed by atoms with van der Waals surface area (Å²) in [5.74, 6) is 0.0669. The van der Waals surface area contributed by atoms with E-state index in [1.54, 1.807) is 37.1 Å². The first-order valence-corrected chi connectivity index (χ1v) is 6.89. The highest BCUT2D eigenvalue weighted by atomic mass is 19.4. The molecule has 0 saturated carbocycles. The van der Waals surface area contributed by atoms with Crippen LogP contribution < -0.4 is 5.32 Å². The van der Waals surface area contributed by atoms with E-state index in [9.17, 15) is 18.0 Å². The topological polar surface area (TPSA) is 50.2 Å². The molecule has 1 heterocycles. The van der Waals surface area contributed by atoms with Gasteiger partial charge in [0.15, 0.2) is 5.82 Å². The molecule has 2 aromatic rings. The Morgan fingerprint density at radius 3 is 2.61 bits per heavy atom. The molecule has 0 aliphatic carbocycles. The van der Waals surface area contributed by atoms with E-state index in [-0.39, 0.29) is 24.6 Å². The standard InChI is InChI=1S/C15H17F3N4O/c1-21(10-14(23)19-13-7-8-22(2)20-13)9-11-5-3-4-6-12(11)15(16,17)18/h3-8H,9-10H2,1-2H3,(H,19,20,23). The van der Waals surface area contributed by atoms with Crippen molar-refractivity contribution in [3.8, 4) is 0 Å². The van der Waals surface area contributed by atoms with E-state index < -0.39 is 11.7 Å². The predicted octanol–water partition coefficient (Wildman–Crippen LogP) is 2.51. The van der Waals surface area contributed by atoms with Crippen molar-refractivity contribution in [2.75, 3.05) is 18.9 Å². The quantitative estimate of drug-likeness (QED) is 0.918. The predicted molar refractivity (Wildman–Crippen MR) is 79.6 cm³/mol. The van der Waals surface area contributed by atoms with E-state index in [1.807, 2.05) is 0 Å². The molecule has 5 nitrogen and oxygen atoms in total. The second-order valence-electron chi connectivity index (χ2n) is 5.25. The fraction of sp³-hybridized carbons (Fsp3) is 0.333. The van der Waals surface area contributed by atoms with Gasteiger partial charge in [-0.3, -0.25) is 14.4 Å². The highest BCUT2D eigenvalue weighted by Crippen LogP contribution is 2.32. The summed E-state index contributed by atoms with van der Waals surface area (Å²) in [6.07, 6.45) is -2.73. The number of carbonyl (C=O) groups is 1. The summed E-state index contributed by atoms with van der Waals surface area (Å²) < 4.78 is 40.4. The molecule has 1 aromatic heterocycles. The number of anilines is 1. The molecule has 23 heavy (non-hydrogen) atoms. The van der Waals surface area contributed by atoms with Gasteiger partial charge in [0, 0.05) is 25.9 Å². The molecule has 0 fully saturated rings. The lowest BCUT2D eigenvalue weighted by Crippen LogP contribution is -2.30. The van der Waals surface area contributed by atoms with Crippen LogP contribution in [0.2, 0.25) is 0 Å². The average molecular weight is 326 g/mol. The molecule has 0 atom stereocenters. The SMILES string of the molecule is CN(CC(=O)Nc1ccn(C)n1)Cc1ccccc1C(F)(F)F. The lowest BCUT2D eigenvalue weighted by molar-refractivity contribution is -0.138. The number of carbonyl (C=O) groups excluding carboxylic acids is 1. The first-order valence-electron chi connectivity index (χ1n) is 6.89. The lowest BCUT2D eigenvalue weighted by Gasteiger charge is -2.19. The molecule has 0 aliphatic heterocycles. The largest absolute Gasteiger partial charge is 0.416 e. The maximum Gasteiger partial charge on any atom is 0.416 e. The van der Waals surface area contributed by atoms with Crippen molar-refractivity contribution in [2.45, 2.75) is 12.7 Å². The Labute approximate surface area is 131 Å². The molecule has 1 N–H and O–H groups in total. The van der Waals surface area contributed by atoms with Crippen molar-refractivity contribution in [3.05, 3.63) is 47.7 Å². The highest BCUT2D eigenvalue weighted by molar-refractivity contribution is 5.91. The molecule has 8 heteroatoms. The van der Waals surface area contributed by atoms with E-state index in [2.05, 4.69) is 10.4 Å². The molecule has 1 amide bonds. The van der Waals surface area contributed by atoms with Crippen molar-refractivity contribution in [1.29, 1.82) is 0 Å². The molecule has 1 aromatic carbocycles. The monoisotopic (exact) mass is 326 g/mol. The zero-order chi connectivity index (χ0) is 17.0. The van der Waals surface area contributed by atoms with Crippen LogP contribution in [-0.2, 0) is 24.6 Å². The minimum absolute atomic E-state index is 0.0192. The van der Waals surface area contributed by atoms with Crippen LogP contribution in [0.5, 0.6) is 0 Å². The van der Waals surface area contributed by atoms with Gasteiger partial charge in [0.1, 0.15) is 0 Å². The van der Waals surface area contributed by atoms with Gasteiger partial charge in [0.2, 0.25) is 5.91 Å². The molecule has 0 radical (unpaired) electrons. The molecule has 0 bridgehead atoms. The van der Waals surface area contributed by atoms with Gasteiger partial charge in [-0.15, -0.1) is 0 Å². The highest BCUT2D eigenvalue weighted by Gasteiger charge is 2.33. The summed E-state index contributed by atoms with van der Waals surface area (Å²) in [7, 11) is 3.31. The fourth-order valence-corrected chi connectivity index (χ4v) is 2.19. The Morgan fingerprint density at radius 1 is 1.30 bits per heavy atom. The van der Waals surface area contributed by atoms with Crippen LogP contribution in [0.25, 0.3) is 0 Å². The van der Waals surface area contributed by atoms with Crippen LogP contribution in [-0.4, -0.2) is 34.2 Å². The molecule has 0 spiro atoms. The fourth-order valence-electron chi connectivity index (χ4n) is 2.19. The van der Waals surface area contributed by atoms with Crippen molar-refractivity contribution >= 4 is 11.7 Å². The molecule has 0 saturated heterocycles. The van der Waals surface area contributed by atoms with E-state index in [4.69, 9.17) is 0 Å². The Morgan fingerprint density at radius 2 is 2.00 bits per heavy atom. The summed E-state index contributed by atoms with van der Waals surface area (Å²) in [5.41, 5.74) is -0.551. The molecule has 0 aliphatic rings. The number of alkyl halides is 3. The Bertz CT molecular complexity index is 681. The summed E-state index contributed by atoms with van der Waals surface area (Å²) in [5, 5.41) is 6.60. The minimum atomic E-state index is -4.41. The van der Waals surface area contributed by atoms with Gasteiger partial charge in [0.25, 0.3) is 0 Å². The number of aryl methyl sites for hydroxylation is 1. The Kier molecular flexibility index (Phi) is 5.05. The van der Waals surface area contributed by atoms with Gasteiger partial charge in [-0.05, 0) is 18.7 Å². The first-order chi connectivity index (χ1) is 10.8. The number of rotatable bonds is 5. The van der Waals surface area contributed by atoms with E-state index in [1.165, 1.54) is 17.0 Å². The summed E-state index contributed by atoms with van der Waals surface area (Å²) in [6.45, 7) is -0.0198. The molecule has 2 rings (SSSR count). The summed E-state index contributed by atoms with van der Waals surface area (Å²) in [4.78, 5) is 13.4. The molecule has 0 unspecified atom stereocenters. The Balaban J connectivity index is 1.97. The number of nitrogens with one attached hydrogen (secondary N) is 1. The van der Waals surface area contributed by atoms with Crippen molar-refractivity contribution in [3.63, 3.8) is 0 Å². The van der Waals surface area contributed by atoms with Gasteiger partial charge in [-0.25, -0.2) is 0 Å². The minimum Gasteiger partial charge on any atom is -0.308 e. The number of nitrogens with zero attached hydrogens (tertiary/aromatic N) is 3. The van der Waals surface area contributed by atoms with Gasteiger partial charge in [0.05, 0.1) is 12.1 Å². The average Bonchev–Trinajstić information content (AvgIpc) is 2.83. The second-order valence-corrected chi connectivity index (χ2v) is 5.25. The lowest BCUT2D eigenvalue weighted by atomic mass is 10.1. The number of likely N-dealkylation sites (N-methyl/N-ethyl adjacent to an activating group) is 1. The summed E-state index contributed by atoms with van der Waals surface area (Å²) in [6, 6.07) is 6.98. The van der Waals surface area contributed by atoms with Crippen LogP contribution >= 0.6 is 0 Å². The van der Waals surface area contributed by atoms with Crippen LogP contribution in [0.3, 0.4) is 0 Å². The van der Waals surface area contributed by atoms with E-state index in [0.717, 1.165) is 6.07 Å². The van der Waals surface area contributed by atoms with Crippen molar-refractivity contribution in [1.82, 2.24) is 14.7 Å². The van der Waals surface area contributed by atoms with Crippen LogP contribution in [0.4, 0.5) is 19.0 Å². The molecular formula is C15H17F3N4O. The first kappa shape index (κ1) is 17.0. The molecule has 124 valence electrons. The summed E-state index contributed by atoms with van der Waals surface area (Å²) >= 11 is 0. The van der Waals surface area contributed by atoms with E-state index in [0.29, 0.717) is 5.82 Å². The van der Waals surface area contributed by atoms with Gasteiger partial charge in [-0.2, -0.15) is 18.3 Å². The third-order valence-corrected chi connectivity index (χ3v) is 3.16. The van der Waals surface area contributed by atoms with Crippen LogP contribution in [0, 0.1) is 0 Å². The molecular weight excluding hydrogens is 309 g/mol. The smallest absolute Gasteiger partial charge is 0.308 e. The normalized spacial score (nSPS) is 11.7. The zero-order valence-electron chi connectivity index (χ0n) is 12.8. The second kappa shape index (κ2) is 6.82. The van der Waals surface area contributed by atoms with Crippen molar-refractivity contribution in [2.24, 2.45) is 7.05 Å². The number of benzene rings is 1. The van der Waals surface area contributed by atoms with Crippen LogP contribution in [0.15, 0.2) is 36.5 Å². The maximum atomic E-state index is 12.9. The van der Waals surface area contributed by atoms with Gasteiger partial charge >= 0.3 is 6.18 Å². The zero-order valence-corrected chi connectivity index (χ0v) is 12.8. The maximum absolute atomic E-state index is 12.9. The third-order valence-electron chi connectivity index (χ3n) is 3.16. The van der Waals surface area contributed by atoms with Gasteiger partial charge in [-0.1, -0.05) is 18.2 Å². The van der Waals surface area contributed by atoms with Crippen molar-refractivity contribution < 1.29 is 18.0 Å². The number of halogens is 3. The number of amides is 1.